The molecule has 0 saturated carbocycles. The van der Waals surface area contributed by atoms with Gasteiger partial charge in [-0.25, -0.2) is 0 Å². The highest BCUT2D eigenvalue weighted by molar-refractivity contribution is 5.09. The number of nitrogens with zero attached hydrogens (tertiary/aromatic N) is 1. The zero-order valence-corrected chi connectivity index (χ0v) is 9.46. The van der Waals surface area contributed by atoms with Gasteiger partial charge in [0.2, 0.25) is 0 Å². The number of nitrogens with one attached hydrogen (secondary N) is 1. The Balaban J connectivity index is 2.01. The van der Waals surface area contributed by atoms with Crippen molar-refractivity contribution in [1.82, 2.24) is 4.90 Å². The fourth-order valence-electron chi connectivity index (χ4n) is 2.79. The van der Waals surface area contributed by atoms with Crippen LogP contribution in [-0.4, -0.2) is 37.1 Å². The zero-order chi connectivity index (χ0) is 10.7. The second kappa shape index (κ2) is 4.98. The van der Waals surface area contributed by atoms with Gasteiger partial charge >= 0.3 is 0 Å². The predicted octanol–water partition coefficient (Wildman–Crippen LogP) is -0.123. The monoisotopic (exact) mass is 208 g/mol. The third kappa shape index (κ3) is 2.52. The number of hydrogen-bond donors (Lipinski definition) is 1. The molecule has 1 N–H and O–H groups in total. The highest BCUT2D eigenvalue weighted by atomic mass is 16.5. The van der Waals surface area contributed by atoms with E-state index in [1.807, 2.05) is 6.92 Å². The standard InChI is InChI=1S/C12H20N2O/c1-2-5-12(13-7-3-4-8-13)11-6-9-14(15)10-11/h11-12,14H,3-4,6-10H2,1H3. The van der Waals surface area contributed by atoms with Gasteiger partial charge < -0.3 is 10.3 Å². The molecule has 3 unspecified atom stereocenters. The molecule has 0 aromatic rings. The Morgan fingerprint density at radius 2 is 2.13 bits per heavy atom. The Hall–Kier alpha value is -0.560. The Morgan fingerprint density at radius 3 is 2.67 bits per heavy atom. The molecule has 2 rings (SSSR count). The van der Waals surface area contributed by atoms with Crippen molar-refractivity contribution < 1.29 is 5.06 Å². The van der Waals surface area contributed by atoms with Gasteiger partial charge in [-0.1, -0.05) is 5.92 Å². The van der Waals surface area contributed by atoms with E-state index in [1.165, 1.54) is 25.9 Å². The molecule has 2 aliphatic heterocycles. The lowest BCUT2D eigenvalue weighted by Gasteiger charge is -2.27. The van der Waals surface area contributed by atoms with Gasteiger partial charge in [-0.05, 0) is 32.9 Å². The summed E-state index contributed by atoms with van der Waals surface area (Å²) in [6.45, 7) is 5.78. The van der Waals surface area contributed by atoms with Crippen LogP contribution < -0.4 is 5.06 Å². The van der Waals surface area contributed by atoms with Gasteiger partial charge in [0.25, 0.3) is 0 Å². The lowest BCUT2D eigenvalue weighted by Crippen LogP contribution is -3.05. The van der Waals surface area contributed by atoms with Gasteiger partial charge in [-0.3, -0.25) is 4.90 Å². The minimum atomic E-state index is 0.351. The number of hydrogen-bond acceptors (Lipinski definition) is 2. The number of quaternary nitrogens is 1. The van der Waals surface area contributed by atoms with Crippen molar-refractivity contribution >= 4 is 0 Å². The Kier molecular flexibility index (Phi) is 3.63. The summed E-state index contributed by atoms with van der Waals surface area (Å²) in [6.07, 6.45) is 3.64. The lowest BCUT2D eigenvalue weighted by atomic mass is 9.98. The van der Waals surface area contributed by atoms with E-state index in [4.69, 9.17) is 0 Å². The maximum absolute atomic E-state index is 11.3. The first-order valence-corrected chi connectivity index (χ1v) is 5.99. The van der Waals surface area contributed by atoms with E-state index >= 15 is 0 Å². The van der Waals surface area contributed by atoms with Crippen LogP contribution in [0.15, 0.2) is 0 Å². The van der Waals surface area contributed by atoms with Crippen molar-refractivity contribution in [3.05, 3.63) is 5.21 Å². The third-order valence-electron chi connectivity index (χ3n) is 3.56. The van der Waals surface area contributed by atoms with Crippen LogP contribution in [-0.2, 0) is 0 Å². The van der Waals surface area contributed by atoms with Crippen molar-refractivity contribution in [3.8, 4) is 11.8 Å². The molecular weight excluding hydrogens is 188 g/mol. The third-order valence-corrected chi connectivity index (χ3v) is 3.56. The Bertz CT molecular complexity index is 263. The SMILES string of the molecule is CC#CC(C1CC[NH+]([O-])C1)N1CCCC1. The Morgan fingerprint density at radius 1 is 1.40 bits per heavy atom. The van der Waals surface area contributed by atoms with Crippen molar-refractivity contribution in [2.24, 2.45) is 5.92 Å². The van der Waals surface area contributed by atoms with Gasteiger partial charge in [0.1, 0.15) is 0 Å². The Labute approximate surface area is 92.0 Å². The second-order valence-electron chi connectivity index (χ2n) is 4.62. The van der Waals surface area contributed by atoms with E-state index in [0.717, 1.165) is 19.5 Å². The quantitative estimate of drug-likeness (QED) is 0.506. The van der Waals surface area contributed by atoms with E-state index in [-0.39, 0.29) is 0 Å². The van der Waals surface area contributed by atoms with Crippen LogP contribution in [0.3, 0.4) is 0 Å². The fraction of sp³-hybridized carbons (Fsp3) is 0.833. The van der Waals surface area contributed by atoms with Crippen molar-refractivity contribution in [3.63, 3.8) is 0 Å². The van der Waals surface area contributed by atoms with E-state index in [2.05, 4.69) is 16.7 Å². The molecule has 15 heavy (non-hydrogen) atoms. The number of rotatable bonds is 2. The second-order valence-corrected chi connectivity index (χ2v) is 4.62. The molecule has 0 aromatic carbocycles. The molecule has 3 heteroatoms. The normalized spacial score (nSPS) is 33.7. The molecule has 0 aromatic heterocycles. The molecule has 0 spiro atoms. The lowest BCUT2D eigenvalue weighted by molar-refractivity contribution is -0.835. The fourth-order valence-corrected chi connectivity index (χ4v) is 2.79. The first-order valence-electron chi connectivity index (χ1n) is 5.99. The van der Waals surface area contributed by atoms with Crippen molar-refractivity contribution in [2.75, 3.05) is 26.2 Å². The van der Waals surface area contributed by atoms with Gasteiger partial charge in [0.15, 0.2) is 0 Å². The molecule has 2 aliphatic rings. The van der Waals surface area contributed by atoms with Gasteiger partial charge in [-0.15, -0.1) is 5.92 Å². The van der Waals surface area contributed by atoms with Crippen molar-refractivity contribution in [1.29, 1.82) is 0 Å². The molecule has 0 bridgehead atoms. The van der Waals surface area contributed by atoms with Crippen LogP contribution in [0.2, 0.25) is 0 Å². The molecule has 3 atom stereocenters. The van der Waals surface area contributed by atoms with E-state index in [0.29, 0.717) is 17.0 Å². The van der Waals surface area contributed by atoms with E-state index < -0.39 is 0 Å². The van der Waals surface area contributed by atoms with Crippen molar-refractivity contribution in [2.45, 2.75) is 32.2 Å². The summed E-state index contributed by atoms with van der Waals surface area (Å²) in [7, 11) is 0. The molecular formula is C12H20N2O. The predicted molar refractivity (Wildman–Crippen MR) is 60.2 cm³/mol. The molecule has 84 valence electrons. The molecule has 0 amide bonds. The average molecular weight is 208 g/mol. The largest absolute Gasteiger partial charge is 0.634 e. The molecule has 2 fully saturated rings. The minimum absolute atomic E-state index is 0.351. The first-order chi connectivity index (χ1) is 7.31. The summed E-state index contributed by atoms with van der Waals surface area (Å²) < 4.78 is 0. The highest BCUT2D eigenvalue weighted by Gasteiger charge is 2.33. The van der Waals surface area contributed by atoms with Crippen LogP contribution in [0.5, 0.6) is 0 Å². The molecule has 2 saturated heterocycles. The van der Waals surface area contributed by atoms with Crippen LogP contribution in [0, 0.1) is 23.0 Å². The molecule has 0 radical (unpaired) electrons. The maximum Gasteiger partial charge on any atom is 0.0823 e. The molecule has 3 nitrogen and oxygen atoms in total. The number of likely N-dealkylation sites (tertiary alicyclic amines) is 1. The summed E-state index contributed by atoms with van der Waals surface area (Å²) in [4.78, 5) is 2.47. The van der Waals surface area contributed by atoms with Gasteiger partial charge in [-0.2, -0.15) is 0 Å². The van der Waals surface area contributed by atoms with Crippen LogP contribution in [0.1, 0.15) is 26.2 Å². The summed E-state index contributed by atoms with van der Waals surface area (Å²) in [5.41, 5.74) is 0. The topological polar surface area (TPSA) is 30.7 Å². The first kappa shape index (κ1) is 10.9. The molecule has 0 aliphatic carbocycles. The minimum Gasteiger partial charge on any atom is -0.634 e. The highest BCUT2D eigenvalue weighted by Crippen LogP contribution is 2.20. The summed E-state index contributed by atoms with van der Waals surface area (Å²) >= 11 is 0. The van der Waals surface area contributed by atoms with Crippen LogP contribution in [0.25, 0.3) is 0 Å². The van der Waals surface area contributed by atoms with Gasteiger partial charge in [0.05, 0.1) is 19.1 Å². The van der Waals surface area contributed by atoms with E-state index in [9.17, 15) is 5.21 Å². The zero-order valence-electron chi connectivity index (χ0n) is 9.46. The smallest absolute Gasteiger partial charge is 0.0823 e. The van der Waals surface area contributed by atoms with Crippen LogP contribution in [0.4, 0.5) is 0 Å². The summed E-state index contributed by atoms with van der Waals surface area (Å²) in [5.74, 6) is 6.85. The van der Waals surface area contributed by atoms with Crippen LogP contribution >= 0.6 is 0 Å². The average Bonchev–Trinajstić information content (AvgIpc) is 2.85. The van der Waals surface area contributed by atoms with Gasteiger partial charge in [0, 0.05) is 12.3 Å². The van der Waals surface area contributed by atoms with E-state index in [1.54, 1.807) is 0 Å². The summed E-state index contributed by atoms with van der Waals surface area (Å²) in [6, 6.07) is 0.351. The number of hydroxylamine groups is 2. The molecule has 2 heterocycles. The maximum atomic E-state index is 11.3. The summed E-state index contributed by atoms with van der Waals surface area (Å²) in [5, 5.41) is 11.7.